The summed E-state index contributed by atoms with van der Waals surface area (Å²) >= 11 is 2.04. The van der Waals surface area contributed by atoms with Gasteiger partial charge in [0.1, 0.15) is 19.0 Å². The molecule has 0 aromatic carbocycles. The van der Waals surface area contributed by atoms with Crippen LogP contribution >= 0.6 is 11.8 Å². The molecular weight excluding hydrogens is 402 g/mol. The van der Waals surface area contributed by atoms with Crippen LogP contribution in [-0.2, 0) is 0 Å². The molecule has 0 saturated heterocycles. The highest BCUT2D eigenvalue weighted by Gasteiger charge is 2.25. The van der Waals surface area contributed by atoms with Gasteiger partial charge in [0.2, 0.25) is 0 Å². The van der Waals surface area contributed by atoms with Gasteiger partial charge in [0.25, 0.3) is 0 Å². The van der Waals surface area contributed by atoms with E-state index in [0.717, 1.165) is 30.0 Å². The molecule has 3 nitrogen and oxygen atoms in total. The van der Waals surface area contributed by atoms with Crippen LogP contribution in [0.15, 0.2) is 0 Å². The molecule has 0 bridgehead atoms. The zero-order valence-corrected chi connectivity index (χ0v) is 22.2. The van der Waals surface area contributed by atoms with E-state index in [1.54, 1.807) is 0 Å². The second-order valence-corrected chi connectivity index (χ2v) is 10.7. The van der Waals surface area contributed by atoms with Crippen LogP contribution in [0, 0.1) is 0 Å². The van der Waals surface area contributed by atoms with E-state index in [1.165, 1.54) is 121 Å². The van der Waals surface area contributed by atoms with E-state index in [4.69, 9.17) is 0 Å². The Balaban J connectivity index is 3.92. The molecule has 188 valence electrons. The van der Waals surface area contributed by atoms with Gasteiger partial charge in [-0.05, 0) is 25.0 Å². The van der Waals surface area contributed by atoms with Gasteiger partial charge in [0.05, 0.1) is 19.8 Å². The first kappa shape index (κ1) is 31.2. The summed E-state index contributed by atoms with van der Waals surface area (Å²) in [7, 11) is 0. The molecule has 31 heavy (non-hydrogen) atoms. The Hall–Kier alpha value is 0.230. The maximum Gasteiger partial charge on any atom is 0.125 e. The van der Waals surface area contributed by atoms with E-state index in [-0.39, 0.29) is 13.2 Å². The van der Waals surface area contributed by atoms with Crippen LogP contribution in [0.3, 0.4) is 0 Å². The molecule has 0 aromatic rings. The van der Waals surface area contributed by atoms with Gasteiger partial charge in [-0.15, -0.1) is 11.8 Å². The number of hydrogen-bond acceptors (Lipinski definition) is 3. The van der Waals surface area contributed by atoms with Gasteiger partial charge in [-0.3, -0.25) is 0 Å². The van der Waals surface area contributed by atoms with E-state index in [9.17, 15) is 10.2 Å². The van der Waals surface area contributed by atoms with Crippen LogP contribution in [0.2, 0.25) is 0 Å². The standard InChI is InChI=1S/C27H58NO2S/c1-3-5-7-9-11-13-14-15-17-19-21-28(22-24-29,23-25-30)27-31-26-20-18-16-12-10-8-6-4-2/h29-30H,3-27H2,1-2H3/q+1. The largest absolute Gasteiger partial charge is 0.391 e. The number of nitrogens with zero attached hydrogens (tertiary/aromatic N) is 1. The average molecular weight is 461 g/mol. The summed E-state index contributed by atoms with van der Waals surface area (Å²) < 4.78 is 0.895. The summed E-state index contributed by atoms with van der Waals surface area (Å²) in [4.78, 5) is 0. The van der Waals surface area contributed by atoms with E-state index in [0.29, 0.717) is 0 Å². The van der Waals surface area contributed by atoms with E-state index >= 15 is 0 Å². The molecule has 0 heterocycles. The Labute approximate surface area is 200 Å². The fourth-order valence-corrected chi connectivity index (χ4v) is 5.80. The minimum atomic E-state index is 0.232. The molecule has 0 aliphatic rings. The number of aliphatic hydroxyl groups excluding tert-OH is 2. The molecule has 0 aliphatic carbocycles. The molecule has 0 spiro atoms. The number of hydrogen-bond donors (Lipinski definition) is 2. The van der Waals surface area contributed by atoms with Crippen molar-refractivity contribution in [3.63, 3.8) is 0 Å². The Morgan fingerprint density at radius 3 is 1.29 bits per heavy atom. The molecule has 0 radical (unpaired) electrons. The van der Waals surface area contributed by atoms with Gasteiger partial charge in [-0.2, -0.15) is 0 Å². The van der Waals surface area contributed by atoms with Crippen molar-refractivity contribution in [3.8, 4) is 0 Å². The van der Waals surface area contributed by atoms with Crippen molar-refractivity contribution in [1.29, 1.82) is 0 Å². The smallest absolute Gasteiger partial charge is 0.125 e. The van der Waals surface area contributed by atoms with Gasteiger partial charge < -0.3 is 14.7 Å². The molecule has 0 aromatic heterocycles. The van der Waals surface area contributed by atoms with Crippen molar-refractivity contribution in [1.82, 2.24) is 0 Å². The predicted octanol–water partition coefficient (Wildman–Crippen LogP) is 7.54. The molecule has 0 unspecified atom stereocenters. The highest BCUT2D eigenvalue weighted by atomic mass is 32.2. The fraction of sp³-hybridized carbons (Fsp3) is 1.00. The molecular formula is C27H58NO2S+. The van der Waals surface area contributed by atoms with Crippen LogP contribution in [-0.4, -0.2) is 59.2 Å². The maximum absolute atomic E-state index is 9.64. The van der Waals surface area contributed by atoms with Crippen molar-refractivity contribution in [2.45, 2.75) is 129 Å². The second-order valence-electron chi connectivity index (χ2n) is 9.65. The summed E-state index contributed by atoms with van der Waals surface area (Å²) in [5, 5.41) is 19.3. The van der Waals surface area contributed by atoms with Crippen LogP contribution in [0.4, 0.5) is 0 Å². The lowest BCUT2D eigenvalue weighted by Gasteiger charge is -2.37. The number of rotatable bonds is 26. The number of quaternary nitrogens is 1. The first-order valence-electron chi connectivity index (χ1n) is 13.9. The van der Waals surface area contributed by atoms with E-state index in [1.807, 2.05) is 11.8 Å². The van der Waals surface area contributed by atoms with Gasteiger partial charge in [0, 0.05) is 0 Å². The lowest BCUT2D eigenvalue weighted by Crippen LogP contribution is -2.52. The normalized spacial score (nSPS) is 12.0. The van der Waals surface area contributed by atoms with Crippen LogP contribution < -0.4 is 0 Å². The van der Waals surface area contributed by atoms with Gasteiger partial charge in [-0.25, -0.2) is 0 Å². The third-order valence-electron chi connectivity index (χ3n) is 6.64. The Morgan fingerprint density at radius 1 is 0.484 bits per heavy atom. The SMILES string of the molecule is CCCCCCCCCCCC[N+](CCO)(CCO)CSCCCCCCCCCC. The minimum Gasteiger partial charge on any atom is -0.391 e. The summed E-state index contributed by atoms with van der Waals surface area (Å²) in [5.41, 5.74) is 0. The third kappa shape index (κ3) is 20.6. The van der Waals surface area contributed by atoms with Crippen molar-refractivity contribution < 1.29 is 14.7 Å². The summed E-state index contributed by atoms with van der Waals surface area (Å²) in [6.45, 7) is 7.72. The van der Waals surface area contributed by atoms with Crippen LogP contribution in [0.1, 0.15) is 129 Å². The van der Waals surface area contributed by atoms with Crippen molar-refractivity contribution in [2.75, 3.05) is 44.5 Å². The van der Waals surface area contributed by atoms with Crippen molar-refractivity contribution in [2.24, 2.45) is 0 Å². The fourth-order valence-electron chi connectivity index (χ4n) is 4.48. The number of thioether (sulfide) groups is 1. The number of unbranched alkanes of at least 4 members (excludes halogenated alkanes) is 16. The Kier molecular flexibility index (Phi) is 25.0. The predicted molar refractivity (Wildman–Crippen MR) is 141 cm³/mol. The van der Waals surface area contributed by atoms with Gasteiger partial charge in [-0.1, -0.05) is 110 Å². The minimum absolute atomic E-state index is 0.232. The molecule has 0 saturated carbocycles. The first-order valence-corrected chi connectivity index (χ1v) is 15.0. The average Bonchev–Trinajstić information content (AvgIpc) is 2.77. The highest BCUT2D eigenvalue weighted by Crippen LogP contribution is 2.19. The van der Waals surface area contributed by atoms with E-state index < -0.39 is 0 Å². The molecule has 0 fully saturated rings. The first-order chi connectivity index (χ1) is 15.2. The summed E-state index contributed by atoms with van der Waals surface area (Å²) in [6.07, 6.45) is 24.6. The quantitative estimate of drug-likeness (QED) is 0.0795. The molecule has 0 atom stereocenters. The van der Waals surface area contributed by atoms with Gasteiger partial charge >= 0.3 is 0 Å². The second kappa shape index (κ2) is 24.9. The molecule has 2 N–H and O–H groups in total. The third-order valence-corrected chi connectivity index (χ3v) is 7.95. The van der Waals surface area contributed by atoms with Gasteiger partial charge in [0.15, 0.2) is 0 Å². The summed E-state index contributed by atoms with van der Waals surface area (Å²) in [5.74, 6) is 2.28. The molecule has 0 rings (SSSR count). The number of aliphatic hydroxyl groups is 2. The molecule has 0 aliphatic heterocycles. The van der Waals surface area contributed by atoms with Crippen LogP contribution in [0.25, 0.3) is 0 Å². The maximum atomic E-state index is 9.64. The molecule has 4 heteroatoms. The topological polar surface area (TPSA) is 40.5 Å². The lowest BCUT2D eigenvalue weighted by atomic mass is 10.1. The van der Waals surface area contributed by atoms with E-state index in [2.05, 4.69) is 13.8 Å². The Bertz CT molecular complexity index is 309. The Morgan fingerprint density at radius 2 is 0.871 bits per heavy atom. The molecule has 0 amide bonds. The highest BCUT2D eigenvalue weighted by molar-refractivity contribution is 7.99. The zero-order chi connectivity index (χ0) is 22.9. The summed E-state index contributed by atoms with van der Waals surface area (Å²) in [6, 6.07) is 0. The monoisotopic (exact) mass is 460 g/mol. The zero-order valence-electron chi connectivity index (χ0n) is 21.4. The van der Waals surface area contributed by atoms with Crippen molar-refractivity contribution in [3.05, 3.63) is 0 Å². The van der Waals surface area contributed by atoms with Crippen molar-refractivity contribution >= 4 is 11.8 Å². The lowest BCUT2D eigenvalue weighted by molar-refractivity contribution is -0.917. The van der Waals surface area contributed by atoms with Crippen LogP contribution in [0.5, 0.6) is 0 Å².